The molecule has 3 rings (SSSR count). The van der Waals surface area contributed by atoms with Crippen molar-refractivity contribution in [3.8, 4) is 11.5 Å². The van der Waals surface area contributed by atoms with Crippen molar-refractivity contribution in [2.24, 2.45) is 0 Å². The van der Waals surface area contributed by atoms with Crippen LogP contribution in [-0.4, -0.2) is 45.0 Å². The van der Waals surface area contributed by atoms with Gasteiger partial charge in [0.15, 0.2) is 0 Å². The maximum atomic E-state index is 10.9. The lowest BCUT2D eigenvalue weighted by Gasteiger charge is -2.45. The average Bonchev–Trinajstić information content (AvgIpc) is 2.38. The number of carbonyl (C=O) groups is 1. The number of hydrogen-bond donors (Lipinski definition) is 3. The Hall–Kier alpha value is -1.95. The molecule has 1 atom stereocenters. The summed E-state index contributed by atoms with van der Waals surface area (Å²) in [6.07, 6.45) is -0.229. The average molecular weight is 279 g/mol. The molecule has 0 saturated carbocycles. The second-order valence-electron chi connectivity index (χ2n) is 5.46. The largest absolute Gasteiger partial charge is 0.507 e. The van der Waals surface area contributed by atoms with Crippen LogP contribution >= 0.6 is 0 Å². The van der Waals surface area contributed by atoms with Crippen LogP contribution in [0.3, 0.4) is 0 Å². The van der Waals surface area contributed by atoms with Gasteiger partial charge in [-0.15, -0.1) is 0 Å². The third-order valence-corrected chi connectivity index (χ3v) is 4.21. The maximum absolute atomic E-state index is 10.9. The molecule has 1 saturated heterocycles. The van der Waals surface area contributed by atoms with Gasteiger partial charge in [-0.25, -0.2) is 4.79 Å². The molecule has 0 aliphatic carbocycles. The Morgan fingerprint density at radius 1 is 1.35 bits per heavy atom. The fourth-order valence-electron chi connectivity index (χ4n) is 3.10. The molecule has 0 radical (unpaired) electrons. The van der Waals surface area contributed by atoms with Gasteiger partial charge in [0.25, 0.3) is 0 Å². The summed E-state index contributed by atoms with van der Waals surface area (Å²) in [4.78, 5) is 12.3. The molecular weight excluding hydrogens is 262 g/mol. The van der Waals surface area contributed by atoms with E-state index >= 15 is 0 Å². The van der Waals surface area contributed by atoms with Crippen LogP contribution in [-0.2, 0) is 0 Å². The minimum absolute atomic E-state index is 0.0350. The van der Waals surface area contributed by atoms with Crippen molar-refractivity contribution in [1.82, 2.24) is 4.90 Å². The molecule has 20 heavy (non-hydrogen) atoms. The van der Waals surface area contributed by atoms with Gasteiger partial charge in [0.2, 0.25) is 0 Å². The van der Waals surface area contributed by atoms with Crippen LogP contribution in [0.2, 0.25) is 0 Å². The van der Waals surface area contributed by atoms with E-state index in [4.69, 9.17) is 9.84 Å². The van der Waals surface area contributed by atoms with Gasteiger partial charge in [-0.2, -0.15) is 0 Å². The van der Waals surface area contributed by atoms with Gasteiger partial charge >= 0.3 is 6.09 Å². The summed E-state index contributed by atoms with van der Waals surface area (Å²) < 4.78 is 6.00. The molecule has 1 fully saturated rings. The number of phenolic OH excluding ortho intramolecular Hbond substituents is 1. The predicted molar refractivity (Wildman–Crippen MR) is 69.9 cm³/mol. The van der Waals surface area contributed by atoms with E-state index in [1.54, 1.807) is 12.1 Å². The fourth-order valence-corrected chi connectivity index (χ4v) is 3.10. The van der Waals surface area contributed by atoms with Crippen molar-refractivity contribution in [3.05, 3.63) is 23.8 Å². The lowest BCUT2D eigenvalue weighted by atomic mass is 9.81. The second kappa shape index (κ2) is 4.56. The first-order chi connectivity index (χ1) is 9.51. The Morgan fingerprint density at radius 3 is 2.70 bits per heavy atom. The summed E-state index contributed by atoms with van der Waals surface area (Å²) >= 11 is 0. The molecule has 2 aliphatic heterocycles. The third-order valence-electron chi connectivity index (χ3n) is 4.21. The number of piperidine rings is 1. The van der Waals surface area contributed by atoms with Crippen LogP contribution in [0.1, 0.15) is 30.9 Å². The number of hydrogen-bond acceptors (Lipinski definition) is 4. The number of aromatic hydroxyl groups is 1. The number of amides is 1. The van der Waals surface area contributed by atoms with E-state index in [2.05, 4.69) is 0 Å². The number of phenols is 1. The molecule has 3 N–H and O–H groups in total. The SMILES string of the molecule is O=C(O)N1CCC2(CC1)CC(O)c1c(O)cccc1O2. The molecular formula is C14H17NO5. The van der Waals surface area contributed by atoms with Gasteiger partial charge in [-0.05, 0) is 12.1 Å². The number of ether oxygens (including phenoxy) is 1. The Labute approximate surface area is 116 Å². The molecule has 0 bridgehead atoms. The highest BCUT2D eigenvalue weighted by atomic mass is 16.5. The summed E-state index contributed by atoms with van der Waals surface area (Å²) in [5.41, 5.74) is -0.106. The number of fused-ring (bicyclic) bond motifs is 1. The number of aliphatic hydroxyl groups excluding tert-OH is 1. The molecule has 6 nitrogen and oxygen atoms in total. The monoisotopic (exact) mass is 279 g/mol. The van der Waals surface area contributed by atoms with Crippen LogP contribution in [0, 0.1) is 0 Å². The zero-order valence-corrected chi connectivity index (χ0v) is 11.0. The van der Waals surface area contributed by atoms with Crippen molar-refractivity contribution < 1.29 is 24.9 Å². The highest BCUT2D eigenvalue weighted by molar-refractivity contribution is 5.65. The van der Waals surface area contributed by atoms with Gasteiger partial charge in [-0.3, -0.25) is 0 Å². The quantitative estimate of drug-likeness (QED) is 0.672. The zero-order valence-electron chi connectivity index (χ0n) is 11.0. The predicted octanol–water partition coefficient (Wildman–Crippen LogP) is 1.72. The highest BCUT2D eigenvalue weighted by Crippen LogP contribution is 2.47. The van der Waals surface area contributed by atoms with Crippen molar-refractivity contribution >= 4 is 6.09 Å². The zero-order chi connectivity index (χ0) is 14.3. The molecule has 1 aromatic rings. The number of benzene rings is 1. The topological polar surface area (TPSA) is 90.2 Å². The molecule has 1 unspecified atom stereocenters. The van der Waals surface area contributed by atoms with Crippen LogP contribution in [0.15, 0.2) is 18.2 Å². The molecule has 1 spiro atoms. The summed E-state index contributed by atoms with van der Waals surface area (Å²) in [5, 5.41) is 29.0. The number of carboxylic acid groups (broad SMARTS) is 1. The third kappa shape index (κ3) is 2.06. The first kappa shape index (κ1) is 13.1. The van der Waals surface area contributed by atoms with E-state index in [0.717, 1.165) is 0 Å². The number of nitrogens with zero attached hydrogens (tertiary/aromatic N) is 1. The number of likely N-dealkylation sites (tertiary alicyclic amines) is 1. The molecule has 2 heterocycles. The van der Waals surface area contributed by atoms with Crippen LogP contribution in [0.4, 0.5) is 4.79 Å². The minimum atomic E-state index is -0.922. The summed E-state index contributed by atoms with van der Waals surface area (Å²) in [6, 6.07) is 4.92. The first-order valence-corrected chi connectivity index (χ1v) is 6.68. The molecule has 1 aromatic carbocycles. The van der Waals surface area contributed by atoms with Crippen LogP contribution in [0.25, 0.3) is 0 Å². The first-order valence-electron chi connectivity index (χ1n) is 6.68. The Kier molecular flexibility index (Phi) is 2.97. The Morgan fingerprint density at radius 2 is 2.05 bits per heavy atom. The van der Waals surface area contributed by atoms with Crippen molar-refractivity contribution in [1.29, 1.82) is 0 Å². The molecule has 2 aliphatic rings. The second-order valence-corrected chi connectivity index (χ2v) is 5.46. The maximum Gasteiger partial charge on any atom is 0.407 e. The van der Waals surface area contributed by atoms with Gasteiger partial charge in [0.1, 0.15) is 17.1 Å². The van der Waals surface area contributed by atoms with E-state index in [-0.39, 0.29) is 5.75 Å². The molecule has 6 heteroatoms. The van der Waals surface area contributed by atoms with Crippen molar-refractivity contribution in [2.75, 3.05) is 13.1 Å². The minimum Gasteiger partial charge on any atom is -0.507 e. The Balaban J connectivity index is 1.84. The van der Waals surface area contributed by atoms with Gasteiger partial charge in [-0.1, -0.05) is 6.07 Å². The summed E-state index contributed by atoms with van der Waals surface area (Å²) in [5.74, 6) is 0.528. The van der Waals surface area contributed by atoms with E-state index < -0.39 is 17.8 Å². The van der Waals surface area contributed by atoms with Crippen molar-refractivity contribution in [3.63, 3.8) is 0 Å². The Bertz CT molecular complexity index is 536. The summed E-state index contributed by atoms with van der Waals surface area (Å²) in [7, 11) is 0. The van der Waals surface area contributed by atoms with Crippen molar-refractivity contribution in [2.45, 2.75) is 31.0 Å². The number of rotatable bonds is 0. The molecule has 1 amide bonds. The van der Waals surface area contributed by atoms with E-state index in [1.165, 1.54) is 11.0 Å². The highest BCUT2D eigenvalue weighted by Gasteiger charge is 2.44. The van der Waals surface area contributed by atoms with Gasteiger partial charge in [0, 0.05) is 32.4 Å². The lowest BCUT2D eigenvalue weighted by Crippen LogP contribution is -2.51. The number of aliphatic hydroxyl groups is 1. The van der Waals surface area contributed by atoms with E-state index in [0.29, 0.717) is 43.7 Å². The molecule has 0 aromatic heterocycles. The van der Waals surface area contributed by atoms with Crippen LogP contribution < -0.4 is 4.74 Å². The smallest absolute Gasteiger partial charge is 0.407 e. The summed E-state index contributed by atoms with van der Waals surface area (Å²) in [6.45, 7) is 0.798. The normalized spacial score (nSPS) is 24.1. The van der Waals surface area contributed by atoms with E-state index in [9.17, 15) is 15.0 Å². The standard InChI is InChI=1S/C14H17NO5/c16-9-2-1-3-11-12(9)10(17)8-14(20-11)4-6-15(7-5-14)13(18)19/h1-3,10,16-17H,4-8H2,(H,18,19). The lowest BCUT2D eigenvalue weighted by molar-refractivity contribution is -0.0509. The molecule has 108 valence electrons. The van der Waals surface area contributed by atoms with Gasteiger partial charge < -0.3 is 25.0 Å². The van der Waals surface area contributed by atoms with Crippen LogP contribution in [0.5, 0.6) is 11.5 Å². The van der Waals surface area contributed by atoms with E-state index in [1.807, 2.05) is 0 Å². The fraction of sp³-hybridized carbons (Fsp3) is 0.500. The van der Waals surface area contributed by atoms with Gasteiger partial charge in [0.05, 0.1) is 11.7 Å².